The van der Waals surface area contributed by atoms with E-state index in [2.05, 4.69) is 83.8 Å². The molecule has 1 N–H and O–H groups in total. The zero-order valence-electron chi connectivity index (χ0n) is 21.8. The van der Waals surface area contributed by atoms with E-state index in [1.54, 1.807) is 0 Å². The summed E-state index contributed by atoms with van der Waals surface area (Å²) in [6, 6.07) is 35.6. The molecule has 0 aliphatic carbocycles. The second-order valence-electron chi connectivity index (χ2n) is 9.30. The van der Waals surface area contributed by atoms with Crippen LogP contribution in [0.3, 0.4) is 0 Å². The molecule has 0 fully saturated rings. The number of fused-ring (bicyclic) bond motifs is 6. The first-order chi connectivity index (χ1) is 19.0. The van der Waals surface area contributed by atoms with Crippen LogP contribution in [0.1, 0.15) is 13.8 Å². The second-order valence-corrected chi connectivity index (χ2v) is 11.4. The van der Waals surface area contributed by atoms with Crippen LogP contribution in [-0.2, 0) is 24.9 Å². The van der Waals surface area contributed by atoms with Gasteiger partial charge in [0.2, 0.25) is 0 Å². The van der Waals surface area contributed by atoms with Crippen LogP contribution in [0, 0.1) is 6.07 Å². The maximum Gasteiger partial charge on any atom is 0.155 e. The van der Waals surface area contributed by atoms with Gasteiger partial charge in [0.15, 0.2) is 5.78 Å². The molecule has 0 amide bonds. The molecule has 4 aromatic carbocycles. The summed E-state index contributed by atoms with van der Waals surface area (Å²) in [6.45, 7) is 2.85. The number of aromatic nitrogens is 1. The zero-order chi connectivity index (χ0) is 26.9. The predicted octanol–water partition coefficient (Wildman–Crippen LogP) is 9.99. The number of carbonyl (C=O) groups is 1. The Balaban J connectivity index is 0.000000362. The van der Waals surface area contributed by atoms with E-state index in [0.717, 1.165) is 11.3 Å². The Kier molecular flexibility index (Phi) is 8.24. The minimum Gasteiger partial charge on any atom is -0.512 e. The van der Waals surface area contributed by atoms with Gasteiger partial charge in [-0.25, -0.2) is 0 Å². The molecule has 0 aliphatic heterocycles. The van der Waals surface area contributed by atoms with Gasteiger partial charge in [-0.1, -0.05) is 42.5 Å². The maximum absolute atomic E-state index is 10.0. The summed E-state index contributed by atoms with van der Waals surface area (Å²) in [6.07, 6.45) is 3.10. The largest absolute Gasteiger partial charge is 0.512 e. The molecule has 40 heavy (non-hydrogen) atoms. The van der Waals surface area contributed by atoms with Crippen LogP contribution in [-0.4, -0.2) is 15.9 Å². The maximum atomic E-state index is 10.0. The number of hydrogen-bond acceptors (Lipinski definition) is 5. The third-order valence-electron chi connectivity index (χ3n) is 6.45. The number of pyridine rings is 1. The zero-order valence-corrected chi connectivity index (χ0v) is 25.8. The van der Waals surface area contributed by atoms with Crippen LogP contribution < -0.4 is 0 Å². The van der Waals surface area contributed by atoms with Gasteiger partial charge < -0.3 is 10.1 Å². The number of rotatable bonds is 3. The van der Waals surface area contributed by atoms with Crippen LogP contribution in [0.4, 0.5) is 0 Å². The molecule has 0 saturated carbocycles. The van der Waals surface area contributed by atoms with Crippen molar-refractivity contribution < 1.29 is 30.0 Å². The van der Waals surface area contributed by atoms with E-state index in [1.165, 1.54) is 71.4 Å². The molecular formula is C34H24IrNO2S2-. The van der Waals surface area contributed by atoms with Crippen molar-refractivity contribution in [2.45, 2.75) is 13.8 Å². The summed E-state index contributed by atoms with van der Waals surface area (Å²) in [7, 11) is 0. The summed E-state index contributed by atoms with van der Waals surface area (Å²) in [5.41, 5.74) is 4.49. The Labute approximate surface area is 253 Å². The molecule has 3 aromatic heterocycles. The van der Waals surface area contributed by atoms with Crippen LogP contribution in [0.2, 0.25) is 0 Å². The Morgan fingerprint density at radius 3 is 2.20 bits per heavy atom. The first-order valence-electron chi connectivity index (χ1n) is 12.6. The number of allylic oxidation sites excluding steroid dienone is 2. The SMILES string of the molecule is CC(=O)/C=C(/C)O.[Ir].[c-]1ccccc1-c1cc(-c2c3sc4ccccc4c3cc3sc4ccccc4c23)ccn1. The summed E-state index contributed by atoms with van der Waals surface area (Å²) >= 11 is 3.77. The van der Waals surface area contributed by atoms with Crippen LogP contribution >= 0.6 is 22.7 Å². The fourth-order valence-corrected chi connectivity index (χ4v) is 7.33. The van der Waals surface area contributed by atoms with Crippen LogP contribution in [0.25, 0.3) is 62.7 Å². The van der Waals surface area contributed by atoms with Crippen molar-refractivity contribution in [3.63, 3.8) is 0 Å². The van der Waals surface area contributed by atoms with Crippen molar-refractivity contribution >= 4 is 68.8 Å². The van der Waals surface area contributed by atoms with E-state index < -0.39 is 0 Å². The quantitative estimate of drug-likeness (QED) is 0.112. The van der Waals surface area contributed by atoms with E-state index >= 15 is 0 Å². The standard InChI is InChI=1S/C29H16NS2.C5H8O2.Ir/c1-2-8-18(9-3-1)23-16-19(14-15-30-23)27-28-21-11-5-7-13-25(21)31-26(28)17-22-20-10-4-6-12-24(20)32-29(22)27;1-4(6)3-5(2)7;/h1-8,10-17H;3,6H,1-2H3;/q-1;;/b;4-3-;. The molecule has 7 rings (SSSR count). The predicted molar refractivity (Wildman–Crippen MR) is 167 cm³/mol. The molecular weight excluding hydrogens is 711 g/mol. The van der Waals surface area contributed by atoms with Gasteiger partial charge in [0.05, 0.1) is 5.76 Å². The van der Waals surface area contributed by atoms with Crippen molar-refractivity contribution in [2.75, 3.05) is 0 Å². The molecule has 0 saturated heterocycles. The van der Waals surface area contributed by atoms with Gasteiger partial charge in [0.25, 0.3) is 0 Å². The van der Waals surface area contributed by atoms with Gasteiger partial charge in [-0.05, 0) is 49.4 Å². The van der Waals surface area contributed by atoms with E-state index in [1.807, 2.05) is 47.1 Å². The Bertz CT molecular complexity index is 2010. The number of carbonyl (C=O) groups excluding carboxylic acids is 1. The number of ketones is 1. The minimum absolute atomic E-state index is 0. The monoisotopic (exact) mass is 735 g/mol. The molecule has 0 unspecified atom stereocenters. The molecule has 7 aromatic rings. The van der Waals surface area contributed by atoms with Crippen molar-refractivity contribution in [2.24, 2.45) is 0 Å². The van der Waals surface area contributed by atoms with E-state index in [-0.39, 0.29) is 31.6 Å². The topological polar surface area (TPSA) is 50.2 Å². The molecule has 6 heteroatoms. The van der Waals surface area contributed by atoms with E-state index in [9.17, 15) is 4.79 Å². The number of benzene rings is 4. The normalized spacial score (nSPS) is 11.4. The molecule has 3 nitrogen and oxygen atoms in total. The Morgan fingerprint density at radius 1 is 0.825 bits per heavy atom. The van der Waals surface area contributed by atoms with Gasteiger partial charge in [-0.2, -0.15) is 0 Å². The van der Waals surface area contributed by atoms with Gasteiger partial charge in [0.1, 0.15) is 0 Å². The number of nitrogens with zero attached hydrogens (tertiary/aromatic N) is 1. The number of thiophene rings is 2. The second kappa shape index (κ2) is 11.8. The minimum atomic E-state index is -0.125. The molecule has 3 heterocycles. The average Bonchev–Trinajstić information content (AvgIpc) is 3.50. The van der Waals surface area contributed by atoms with Crippen LogP contribution in [0.5, 0.6) is 0 Å². The van der Waals surface area contributed by atoms with E-state index in [0.29, 0.717) is 0 Å². The van der Waals surface area contributed by atoms with Gasteiger partial charge >= 0.3 is 0 Å². The fourth-order valence-electron chi connectivity index (χ4n) is 4.92. The Morgan fingerprint density at radius 2 is 1.52 bits per heavy atom. The molecule has 1 radical (unpaired) electrons. The number of aliphatic hydroxyl groups is 1. The van der Waals surface area contributed by atoms with Crippen molar-refractivity contribution in [3.8, 4) is 22.4 Å². The van der Waals surface area contributed by atoms with Crippen molar-refractivity contribution in [1.29, 1.82) is 0 Å². The van der Waals surface area contributed by atoms with Crippen molar-refractivity contribution in [3.05, 3.63) is 115 Å². The van der Waals surface area contributed by atoms with Crippen molar-refractivity contribution in [1.82, 2.24) is 4.98 Å². The summed E-state index contributed by atoms with van der Waals surface area (Å²) in [5.74, 6) is -0.0625. The van der Waals surface area contributed by atoms with Gasteiger partial charge in [-0.15, -0.1) is 58.6 Å². The molecule has 199 valence electrons. The number of aliphatic hydroxyl groups excluding tert-OH is 1. The molecule has 0 spiro atoms. The van der Waals surface area contributed by atoms with Crippen LogP contribution in [0.15, 0.2) is 109 Å². The summed E-state index contributed by atoms with van der Waals surface area (Å²) in [4.78, 5) is 14.7. The first kappa shape index (κ1) is 27.9. The fraction of sp³-hybridized carbons (Fsp3) is 0.0588. The molecule has 0 aliphatic rings. The molecule has 0 atom stereocenters. The smallest absolute Gasteiger partial charge is 0.155 e. The average molecular weight is 735 g/mol. The first-order valence-corrected chi connectivity index (χ1v) is 14.2. The summed E-state index contributed by atoms with van der Waals surface area (Å²) < 4.78 is 5.34. The third-order valence-corrected chi connectivity index (χ3v) is 8.78. The van der Waals surface area contributed by atoms with Gasteiger partial charge in [0, 0.05) is 78.3 Å². The molecule has 0 bridgehead atoms. The van der Waals surface area contributed by atoms with Gasteiger partial charge in [-0.3, -0.25) is 4.79 Å². The van der Waals surface area contributed by atoms with E-state index in [4.69, 9.17) is 5.11 Å². The Hall–Kier alpha value is -3.67. The third kappa shape index (κ3) is 5.36. The summed E-state index contributed by atoms with van der Waals surface area (Å²) in [5, 5.41) is 13.7. The number of hydrogen-bond donors (Lipinski definition) is 1.